The molecule has 17 heavy (non-hydrogen) atoms. The molecule has 6 heteroatoms. The largest absolute Gasteiger partial charge is 0.339 e. The molecule has 0 aliphatic rings. The van der Waals surface area contributed by atoms with Gasteiger partial charge in [0.05, 0.1) is 5.75 Å². The number of hydrogen-bond donors (Lipinski definition) is 1. The lowest BCUT2D eigenvalue weighted by atomic mass is 10.2. The van der Waals surface area contributed by atoms with Crippen LogP contribution < -0.4 is 5.73 Å². The third-order valence-electron chi connectivity index (χ3n) is 2.72. The highest BCUT2D eigenvalue weighted by Crippen LogP contribution is 2.07. The molecule has 1 atom stereocenters. The van der Waals surface area contributed by atoms with Crippen molar-refractivity contribution in [2.45, 2.75) is 39.7 Å². The molecular formula is C11H24N2O3S. The van der Waals surface area contributed by atoms with Gasteiger partial charge in [0.15, 0.2) is 9.84 Å². The zero-order valence-corrected chi connectivity index (χ0v) is 11.8. The predicted octanol–water partition coefficient (Wildman–Crippen LogP) is 0.397. The van der Waals surface area contributed by atoms with Crippen LogP contribution in [-0.2, 0) is 14.6 Å². The van der Waals surface area contributed by atoms with Gasteiger partial charge >= 0.3 is 0 Å². The zero-order chi connectivity index (χ0) is 13.5. The lowest BCUT2D eigenvalue weighted by Gasteiger charge is -2.27. The minimum atomic E-state index is -3.05. The van der Waals surface area contributed by atoms with Gasteiger partial charge in [0.1, 0.15) is 0 Å². The van der Waals surface area contributed by atoms with Crippen LogP contribution in [0.25, 0.3) is 0 Å². The molecule has 0 saturated heterocycles. The molecule has 0 aliphatic heterocycles. The fourth-order valence-electron chi connectivity index (χ4n) is 1.71. The summed E-state index contributed by atoms with van der Waals surface area (Å²) in [4.78, 5) is 13.4. The van der Waals surface area contributed by atoms with E-state index in [0.29, 0.717) is 25.9 Å². The predicted molar refractivity (Wildman–Crippen MR) is 69.5 cm³/mol. The molecule has 0 aliphatic carbocycles. The van der Waals surface area contributed by atoms with Crippen molar-refractivity contribution < 1.29 is 13.2 Å². The van der Waals surface area contributed by atoms with Gasteiger partial charge in [-0.1, -0.05) is 6.92 Å². The molecule has 0 bridgehead atoms. The quantitative estimate of drug-likeness (QED) is 0.688. The lowest BCUT2D eigenvalue weighted by Crippen LogP contribution is -2.42. The van der Waals surface area contributed by atoms with E-state index < -0.39 is 9.84 Å². The molecule has 0 aromatic heterocycles. The first kappa shape index (κ1) is 16.4. The van der Waals surface area contributed by atoms with E-state index >= 15 is 0 Å². The summed E-state index contributed by atoms with van der Waals surface area (Å²) in [5, 5.41) is 0. The normalized spacial score (nSPS) is 13.4. The monoisotopic (exact) mass is 264 g/mol. The summed E-state index contributed by atoms with van der Waals surface area (Å²) in [5.41, 5.74) is 5.35. The third kappa shape index (κ3) is 6.02. The number of nitrogens with zero attached hydrogens (tertiary/aromatic N) is 1. The molecule has 0 fully saturated rings. The Kier molecular flexibility index (Phi) is 7.38. The van der Waals surface area contributed by atoms with E-state index in [0.717, 1.165) is 0 Å². The van der Waals surface area contributed by atoms with Crippen molar-refractivity contribution in [1.82, 2.24) is 4.90 Å². The summed E-state index contributed by atoms with van der Waals surface area (Å²) in [6, 6.07) is -0.268. The highest BCUT2D eigenvalue weighted by Gasteiger charge is 2.22. The Morgan fingerprint density at radius 2 is 1.94 bits per heavy atom. The second-order valence-corrected chi connectivity index (χ2v) is 6.52. The molecule has 0 heterocycles. The van der Waals surface area contributed by atoms with Gasteiger partial charge in [0.2, 0.25) is 5.91 Å². The first-order valence-electron chi connectivity index (χ1n) is 6.07. The van der Waals surface area contributed by atoms with E-state index in [4.69, 9.17) is 5.73 Å². The van der Waals surface area contributed by atoms with E-state index in [1.165, 1.54) is 0 Å². The summed E-state index contributed by atoms with van der Waals surface area (Å²) in [7, 11) is -3.05. The molecule has 0 aromatic carbocycles. The fourth-order valence-corrected chi connectivity index (χ4v) is 2.86. The van der Waals surface area contributed by atoms with Crippen LogP contribution in [0.15, 0.2) is 0 Å². The standard InChI is InChI=1S/C11H24N2O3S/c1-4-13(11(14)7-6-8-12)10(3)9-17(15,16)5-2/h10H,4-9,12H2,1-3H3. The number of sulfone groups is 1. The molecule has 0 aromatic rings. The Bertz CT molecular complexity index is 328. The van der Waals surface area contributed by atoms with E-state index in [-0.39, 0.29) is 23.5 Å². The number of carbonyl (C=O) groups excluding carboxylic acids is 1. The van der Waals surface area contributed by atoms with Crippen molar-refractivity contribution in [1.29, 1.82) is 0 Å². The van der Waals surface area contributed by atoms with Gasteiger partial charge in [-0.15, -0.1) is 0 Å². The summed E-state index contributed by atoms with van der Waals surface area (Å²) in [5.74, 6) is 0.133. The van der Waals surface area contributed by atoms with Crippen LogP contribution in [0.3, 0.4) is 0 Å². The van der Waals surface area contributed by atoms with Gasteiger partial charge in [-0.2, -0.15) is 0 Å². The van der Waals surface area contributed by atoms with Crippen LogP contribution >= 0.6 is 0 Å². The SMILES string of the molecule is CCN(C(=O)CCCN)C(C)CS(=O)(=O)CC. The second kappa shape index (κ2) is 7.66. The number of carbonyl (C=O) groups is 1. The first-order chi connectivity index (χ1) is 7.87. The first-order valence-corrected chi connectivity index (χ1v) is 7.90. The molecule has 2 N–H and O–H groups in total. The fraction of sp³-hybridized carbons (Fsp3) is 0.909. The maximum absolute atomic E-state index is 11.8. The number of hydrogen-bond acceptors (Lipinski definition) is 4. The molecule has 1 amide bonds. The number of nitrogens with two attached hydrogens (primary N) is 1. The molecule has 0 radical (unpaired) electrons. The molecule has 0 rings (SSSR count). The molecular weight excluding hydrogens is 240 g/mol. The Morgan fingerprint density at radius 1 is 1.35 bits per heavy atom. The van der Waals surface area contributed by atoms with E-state index in [2.05, 4.69) is 0 Å². The van der Waals surface area contributed by atoms with Gasteiger partial charge in [-0.25, -0.2) is 8.42 Å². The van der Waals surface area contributed by atoms with Crippen molar-refractivity contribution in [3.8, 4) is 0 Å². The lowest BCUT2D eigenvalue weighted by molar-refractivity contribution is -0.132. The Morgan fingerprint density at radius 3 is 2.35 bits per heavy atom. The molecule has 0 saturated carbocycles. The molecule has 0 spiro atoms. The van der Waals surface area contributed by atoms with Crippen molar-refractivity contribution in [3.05, 3.63) is 0 Å². The number of amides is 1. The van der Waals surface area contributed by atoms with Crippen LogP contribution in [0.2, 0.25) is 0 Å². The van der Waals surface area contributed by atoms with Crippen molar-refractivity contribution in [3.63, 3.8) is 0 Å². The second-order valence-electron chi connectivity index (χ2n) is 4.12. The molecule has 1 unspecified atom stereocenters. The zero-order valence-electron chi connectivity index (χ0n) is 11.0. The maximum Gasteiger partial charge on any atom is 0.222 e. The minimum absolute atomic E-state index is 0.0169. The Hall–Kier alpha value is -0.620. The van der Waals surface area contributed by atoms with E-state index in [1.54, 1.807) is 18.7 Å². The van der Waals surface area contributed by atoms with E-state index in [9.17, 15) is 13.2 Å². The van der Waals surface area contributed by atoms with Crippen LogP contribution in [-0.4, -0.2) is 49.9 Å². The van der Waals surface area contributed by atoms with Gasteiger partial charge < -0.3 is 10.6 Å². The summed E-state index contributed by atoms with van der Waals surface area (Å²) in [6.45, 7) is 6.26. The highest BCUT2D eigenvalue weighted by molar-refractivity contribution is 7.91. The number of rotatable bonds is 8. The minimum Gasteiger partial charge on any atom is -0.339 e. The van der Waals surface area contributed by atoms with Crippen molar-refractivity contribution in [2.24, 2.45) is 5.73 Å². The topological polar surface area (TPSA) is 80.5 Å². The van der Waals surface area contributed by atoms with Crippen molar-refractivity contribution in [2.75, 3.05) is 24.6 Å². The van der Waals surface area contributed by atoms with Crippen LogP contribution in [0.5, 0.6) is 0 Å². The van der Waals surface area contributed by atoms with Gasteiger partial charge in [-0.05, 0) is 26.8 Å². The Balaban J connectivity index is 4.50. The third-order valence-corrected chi connectivity index (χ3v) is 4.59. The smallest absolute Gasteiger partial charge is 0.222 e. The molecule has 5 nitrogen and oxygen atoms in total. The van der Waals surface area contributed by atoms with Crippen LogP contribution in [0.4, 0.5) is 0 Å². The Labute approximate surface area is 104 Å². The molecule has 102 valence electrons. The maximum atomic E-state index is 11.8. The highest BCUT2D eigenvalue weighted by atomic mass is 32.2. The van der Waals surface area contributed by atoms with Crippen LogP contribution in [0, 0.1) is 0 Å². The summed E-state index contributed by atoms with van der Waals surface area (Å²) >= 11 is 0. The van der Waals surface area contributed by atoms with Gasteiger partial charge in [0.25, 0.3) is 0 Å². The van der Waals surface area contributed by atoms with E-state index in [1.807, 2.05) is 6.92 Å². The van der Waals surface area contributed by atoms with Crippen LogP contribution in [0.1, 0.15) is 33.6 Å². The summed E-state index contributed by atoms with van der Waals surface area (Å²) < 4.78 is 23.0. The average molecular weight is 264 g/mol. The summed E-state index contributed by atoms with van der Waals surface area (Å²) in [6.07, 6.45) is 1.03. The van der Waals surface area contributed by atoms with Crippen molar-refractivity contribution >= 4 is 15.7 Å². The van der Waals surface area contributed by atoms with Gasteiger partial charge in [0, 0.05) is 24.8 Å². The van der Waals surface area contributed by atoms with Gasteiger partial charge in [-0.3, -0.25) is 4.79 Å². The average Bonchev–Trinajstić information content (AvgIpc) is 2.26.